The number of carbonyl (C=O) groups is 2. The lowest BCUT2D eigenvalue weighted by Gasteiger charge is -2.13. The highest BCUT2D eigenvalue weighted by atomic mass is 32.2. The van der Waals surface area contributed by atoms with Gasteiger partial charge in [-0.15, -0.1) is 0 Å². The van der Waals surface area contributed by atoms with Crippen molar-refractivity contribution in [1.29, 1.82) is 0 Å². The fourth-order valence-electron chi connectivity index (χ4n) is 2.93. The van der Waals surface area contributed by atoms with E-state index in [-0.39, 0.29) is 22.8 Å². The lowest BCUT2D eigenvalue weighted by molar-refractivity contribution is -0.385. The molecule has 3 aromatic rings. The Labute approximate surface area is 199 Å². The number of sulfonamides is 1. The topological polar surface area (TPSA) is 180 Å². The van der Waals surface area contributed by atoms with Crippen LogP contribution in [0.1, 0.15) is 22.8 Å². The molecule has 0 saturated carbocycles. The van der Waals surface area contributed by atoms with Gasteiger partial charge in [0.25, 0.3) is 15.7 Å². The van der Waals surface area contributed by atoms with Crippen LogP contribution < -0.4 is 15.5 Å². The minimum atomic E-state index is -4.46. The second-order valence-corrected chi connectivity index (χ2v) is 8.72. The van der Waals surface area contributed by atoms with E-state index < -0.39 is 31.5 Å². The Morgan fingerprint density at radius 1 is 1.03 bits per heavy atom. The Balaban J connectivity index is 1.91. The highest BCUT2D eigenvalue weighted by molar-refractivity contribution is 7.93. The zero-order valence-electron chi connectivity index (χ0n) is 18.1. The number of hydrogen-bond donors (Lipinski definition) is 4. The second kappa shape index (κ2) is 10.4. The summed E-state index contributed by atoms with van der Waals surface area (Å²) in [4.78, 5) is 32.5. The molecular formula is C22H19N5O7S. The van der Waals surface area contributed by atoms with Gasteiger partial charge in [-0.2, -0.15) is 5.10 Å². The number of nitrogens with zero attached hydrogens (tertiary/aromatic N) is 2. The van der Waals surface area contributed by atoms with Crippen molar-refractivity contribution >= 4 is 50.9 Å². The summed E-state index contributed by atoms with van der Waals surface area (Å²) in [6.45, 7) is 1.38. The lowest BCUT2D eigenvalue weighted by Crippen LogP contribution is -2.17. The molecule has 3 rings (SSSR count). The number of carbonyl (C=O) groups excluding carboxylic acids is 1. The summed E-state index contributed by atoms with van der Waals surface area (Å²) in [5.74, 6) is -1.57. The van der Waals surface area contributed by atoms with E-state index in [0.717, 1.165) is 12.1 Å². The van der Waals surface area contributed by atoms with Crippen molar-refractivity contribution in [3.63, 3.8) is 0 Å². The molecule has 0 radical (unpaired) electrons. The standard InChI is InChI=1S/C22H19N5O7S/c1-14(28)24-16-8-6-15(7-9-16)13-23-25-20-11-10-17(27(31)32)12-21(20)35(33,34)26-19-5-3-2-4-18(19)22(29)30/h2-13,25-26H,1H3,(H,24,28)(H,29,30)/b23-13+. The Hall–Kier alpha value is -4.78. The minimum absolute atomic E-state index is 0.0815. The van der Waals surface area contributed by atoms with Crippen molar-refractivity contribution in [3.8, 4) is 0 Å². The van der Waals surface area contributed by atoms with E-state index in [1.807, 2.05) is 0 Å². The van der Waals surface area contributed by atoms with E-state index in [1.165, 1.54) is 43.5 Å². The normalized spacial score (nSPS) is 11.1. The lowest BCUT2D eigenvalue weighted by atomic mass is 10.2. The molecule has 0 bridgehead atoms. The van der Waals surface area contributed by atoms with E-state index in [2.05, 4.69) is 20.6 Å². The van der Waals surface area contributed by atoms with E-state index in [1.54, 1.807) is 24.3 Å². The van der Waals surface area contributed by atoms with E-state index in [4.69, 9.17) is 0 Å². The average Bonchev–Trinajstić information content (AvgIpc) is 2.80. The number of nitrogens with one attached hydrogen (secondary N) is 3. The summed E-state index contributed by atoms with van der Waals surface area (Å²) < 4.78 is 28.3. The molecule has 0 fully saturated rings. The smallest absolute Gasteiger partial charge is 0.337 e. The fraction of sp³-hybridized carbons (Fsp3) is 0.0455. The first kappa shape index (κ1) is 24.9. The molecule has 0 atom stereocenters. The molecule has 0 aromatic heterocycles. The van der Waals surface area contributed by atoms with Crippen LogP contribution in [0.4, 0.5) is 22.7 Å². The second-order valence-electron chi connectivity index (χ2n) is 7.07. The van der Waals surface area contributed by atoms with Crippen molar-refractivity contribution in [3.05, 3.63) is 88.0 Å². The van der Waals surface area contributed by atoms with Gasteiger partial charge in [0.15, 0.2) is 0 Å². The maximum atomic E-state index is 13.1. The quantitative estimate of drug-likeness (QED) is 0.197. The zero-order valence-corrected chi connectivity index (χ0v) is 18.9. The van der Waals surface area contributed by atoms with Crippen molar-refractivity contribution in [1.82, 2.24) is 0 Å². The molecule has 0 aliphatic rings. The van der Waals surface area contributed by atoms with Gasteiger partial charge in [-0.25, -0.2) is 13.2 Å². The van der Waals surface area contributed by atoms with Gasteiger partial charge in [-0.1, -0.05) is 24.3 Å². The number of anilines is 3. The Kier molecular flexibility index (Phi) is 7.41. The van der Waals surface area contributed by atoms with Gasteiger partial charge in [0.2, 0.25) is 5.91 Å². The number of nitro groups is 1. The number of nitro benzene ring substituents is 1. The summed E-state index contributed by atoms with van der Waals surface area (Å²) >= 11 is 0. The molecule has 0 aliphatic heterocycles. The maximum absolute atomic E-state index is 13.1. The van der Waals surface area contributed by atoms with Crippen LogP contribution in [0.2, 0.25) is 0 Å². The predicted molar refractivity (Wildman–Crippen MR) is 129 cm³/mol. The van der Waals surface area contributed by atoms with Gasteiger partial charge < -0.3 is 10.4 Å². The number of hydrogen-bond acceptors (Lipinski definition) is 8. The number of carboxylic acid groups (broad SMARTS) is 1. The fourth-order valence-corrected chi connectivity index (χ4v) is 4.19. The van der Waals surface area contributed by atoms with Gasteiger partial charge in [0, 0.05) is 24.7 Å². The van der Waals surface area contributed by atoms with Crippen molar-refractivity contribution in [2.45, 2.75) is 11.8 Å². The monoisotopic (exact) mass is 497 g/mol. The van der Waals surface area contributed by atoms with Crippen LogP contribution in [0, 0.1) is 10.1 Å². The molecule has 3 aromatic carbocycles. The Morgan fingerprint density at radius 3 is 2.34 bits per heavy atom. The van der Waals surface area contributed by atoms with Gasteiger partial charge in [0.05, 0.1) is 28.1 Å². The molecule has 35 heavy (non-hydrogen) atoms. The molecular weight excluding hydrogens is 478 g/mol. The maximum Gasteiger partial charge on any atom is 0.337 e. The Morgan fingerprint density at radius 2 is 1.71 bits per heavy atom. The van der Waals surface area contributed by atoms with Crippen LogP contribution in [-0.2, 0) is 14.8 Å². The first-order valence-electron chi connectivity index (χ1n) is 9.87. The molecule has 13 heteroatoms. The number of non-ortho nitro benzene ring substituents is 1. The minimum Gasteiger partial charge on any atom is -0.478 e. The summed E-state index contributed by atoms with van der Waals surface area (Å²) in [6.07, 6.45) is 1.38. The molecule has 12 nitrogen and oxygen atoms in total. The number of rotatable bonds is 9. The predicted octanol–water partition coefficient (Wildman–Crippen LogP) is 3.50. The Bertz CT molecular complexity index is 1420. The third-order valence-corrected chi connectivity index (χ3v) is 5.90. The zero-order chi connectivity index (χ0) is 25.6. The molecule has 0 aliphatic carbocycles. The average molecular weight is 497 g/mol. The molecule has 0 heterocycles. The summed E-state index contributed by atoms with van der Waals surface area (Å²) in [5, 5.41) is 27.1. The van der Waals surface area contributed by atoms with E-state index in [9.17, 15) is 33.2 Å². The highest BCUT2D eigenvalue weighted by Crippen LogP contribution is 2.29. The van der Waals surface area contributed by atoms with Gasteiger partial charge >= 0.3 is 5.97 Å². The molecule has 0 unspecified atom stereocenters. The van der Waals surface area contributed by atoms with Crippen LogP contribution in [-0.4, -0.2) is 36.5 Å². The van der Waals surface area contributed by atoms with Gasteiger partial charge in [-0.05, 0) is 35.9 Å². The number of amides is 1. The van der Waals surface area contributed by atoms with Crippen LogP contribution >= 0.6 is 0 Å². The number of carboxylic acids is 1. The number of para-hydroxylation sites is 1. The number of hydrazone groups is 1. The van der Waals surface area contributed by atoms with Crippen LogP contribution in [0.25, 0.3) is 0 Å². The molecule has 0 saturated heterocycles. The number of benzene rings is 3. The molecule has 0 spiro atoms. The van der Waals surface area contributed by atoms with E-state index >= 15 is 0 Å². The summed E-state index contributed by atoms with van der Waals surface area (Å²) in [5.41, 5.74) is 2.67. The molecule has 180 valence electrons. The SMILES string of the molecule is CC(=O)Nc1ccc(/C=N/Nc2ccc([N+](=O)[O-])cc2S(=O)(=O)Nc2ccccc2C(=O)O)cc1. The van der Waals surface area contributed by atoms with Gasteiger partial charge in [-0.3, -0.25) is 25.1 Å². The summed E-state index contributed by atoms with van der Waals surface area (Å²) in [7, 11) is -4.46. The summed E-state index contributed by atoms with van der Waals surface area (Å²) in [6, 6.07) is 15.1. The van der Waals surface area contributed by atoms with Crippen molar-refractivity contribution in [2.24, 2.45) is 5.10 Å². The third kappa shape index (κ3) is 6.39. The van der Waals surface area contributed by atoms with Crippen LogP contribution in [0.3, 0.4) is 0 Å². The largest absolute Gasteiger partial charge is 0.478 e. The molecule has 4 N–H and O–H groups in total. The number of aromatic carboxylic acids is 1. The van der Waals surface area contributed by atoms with Crippen molar-refractivity contribution < 1.29 is 28.0 Å². The van der Waals surface area contributed by atoms with Crippen LogP contribution in [0.5, 0.6) is 0 Å². The first-order valence-corrected chi connectivity index (χ1v) is 11.4. The van der Waals surface area contributed by atoms with Crippen LogP contribution in [0.15, 0.2) is 76.7 Å². The van der Waals surface area contributed by atoms with Gasteiger partial charge in [0.1, 0.15) is 4.90 Å². The molecule has 1 amide bonds. The van der Waals surface area contributed by atoms with E-state index in [0.29, 0.717) is 11.3 Å². The highest BCUT2D eigenvalue weighted by Gasteiger charge is 2.24. The third-order valence-electron chi connectivity index (χ3n) is 4.50. The van der Waals surface area contributed by atoms with Crippen molar-refractivity contribution in [2.75, 3.05) is 15.5 Å². The first-order chi connectivity index (χ1) is 16.6.